The highest BCUT2D eigenvalue weighted by molar-refractivity contribution is 5.81. The van der Waals surface area contributed by atoms with Gasteiger partial charge in [-0.3, -0.25) is 4.79 Å². The Balaban J connectivity index is 2.48. The monoisotopic (exact) mass is 299 g/mol. The van der Waals surface area contributed by atoms with Gasteiger partial charge in [0.15, 0.2) is 6.10 Å². The molecule has 0 aromatic carbocycles. The van der Waals surface area contributed by atoms with E-state index in [1.807, 2.05) is 0 Å². The van der Waals surface area contributed by atoms with Gasteiger partial charge in [0.2, 0.25) is 0 Å². The normalized spacial score (nSPS) is 24.0. The minimum Gasteiger partial charge on any atom is -0.457 e. The Bertz CT molecular complexity index is 388. The molecular formula is C15H25NO5. The lowest BCUT2D eigenvalue weighted by Crippen LogP contribution is -2.46. The summed E-state index contributed by atoms with van der Waals surface area (Å²) in [4.78, 5) is 34.4. The van der Waals surface area contributed by atoms with Crippen molar-refractivity contribution in [1.29, 1.82) is 0 Å². The molecule has 1 aliphatic rings. The first-order valence-electron chi connectivity index (χ1n) is 7.33. The van der Waals surface area contributed by atoms with Crippen molar-refractivity contribution < 1.29 is 23.9 Å². The standard InChI is InChI=1S/C15H25NO5/c1-10(13(18)21-15(2,3)4)20-14(19)12-9-11(6-8-17)5-7-16-12/h8,10-12,16H,5-7,9H2,1-4H3. The lowest BCUT2D eigenvalue weighted by molar-refractivity contribution is -0.175. The van der Waals surface area contributed by atoms with E-state index in [1.165, 1.54) is 6.92 Å². The van der Waals surface area contributed by atoms with Crippen molar-refractivity contribution in [2.24, 2.45) is 5.92 Å². The zero-order valence-corrected chi connectivity index (χ0v) is 13.2. The van der Waals surface area contributed by atoms with Crippen LogP contribution in [0.5, 0.6) is 0 Å². The lowest BCUT2D eigenvalue weighted by Gasteiger charge is -2.29. The van der Waals surface area contributed by atoms with E-state index in [-0.39, 0.29) is 5.92 Å². The highest BCUT2D eigenvalue weighted by atomic mass is 16.6. The van der Waals surface area contributed by atoms with Crippen LogP contribution >= 0.6 is 0 Å². The van der Waals surface area contributed by atoms with Gasteiger partial charge in [-0.25, -0.2) is 4.79 Å². The van der Waals surface area contributed by atoms with E-state index in [9.17, 15) is 14.4 Å². The van der Waals surface area contributed by atoms with Gasteiger partial charge in [0.05, 0.1) is 0 Å². The van der Waals surface area contributed by atoms with Gasteiger partial charge >= 0.3 is 11.9 Å². The number of ether oxygens (including phenoxy) is 2. The molecule has 6 nitrogen and oxygen atoms in total. The summed E-state index contributed by atoms with van der Waals surface area (Å²) in [5.41, 5.74) is -0.615. The molecule has 1 fully saturated rings. The number of piperidine rings is 1. The molecule has 6 heteroatoms. The van der Waals surface area contributed by atoms with Crippen LogP contribution in [0.1, 0.15) is 47.0 Å². The van der Waals surface area contributed by atoms with Crippen molar-refractivity contribution in [3.63, 3.8) is 0 Å². The molecule has 3 unspecified atom stereocenters. The molecule has 1 saturated heterocycles. The van der Waals surface area contributed by atoms with Crippen molar-refractivity contribution in [2.75, 3.05) is 6.54 Å². The minimum absolute atomic E-state index is 0.193. The summed E-state index contributed by atoms with van der Waals surface area (Å²) in [6.45, 7) is 7.43. The van der Waals surface area contributed by atoms with Crippen molar-refractivity contribution >= 4 is 18.2 Å². The summed E-state index contributed by atoms with van der Waals surface area (Å²) in [5, 5.41) is 3.06. The van der Waals surface area contributed by atoms with E-state index in [2.05, 4.69) is 5.32 Å². The molecule has 1 N–H and O–H groups in total. The van der Waals surface area contributed by atoms with Crippen molar-refractivity contribution in [3.05, 3.63) is 0 Å². The van der Waals surface area contributed by atoms with Gasteiger partial charge in [0, 0.05) is 6.42 Å². The van der Waals surface area contributed by atoms with Gasteiger partial charge in [-0.2, -0.15) is 0 Å². The molecule has 0 bridgehead atoms. The van der Waals surface area contributed by atoms with Crippen LogP contribution in [-0.4, -0.2) is 42.5 Å². The first-order valence-corrected chi connectivity index (χ1v) is 7.33. The number of hydrogen-bond acceptors (Lipinski definition) is 6. The Labute approximate surface area is 125 Å². The van der Waals surface area contributed by atoms with Crippen LogP contribution in [0, 0.1) is 5.92 Å². The molecule has 120 valence electrons. The fourth-order valence-electron chi connectivity index (χ4n) is 2.22. The molecule has 1 aliphatic heterocycles. The predicted octanol–water partition coefficient (Wildman–Crippen LogP) is 1.22. The third-order valence-electron chi connectivity index (χ3n) is 3.26. The second kappa shape index (κ2) is 7.54. The van der Waals surface area contributed by atoms with Crippen LogP contribution in [0.3, 0.4) is 0 Å². The third-order valence-corrected chi connectivity index (χ3v) is 3.26. The first kappa shape index (κ1) is 17.6. The topological polar surface area (TPSA) is 81.7 Å². The number of hydrogen-bond donors (Lipinski definition) is 1. The summed E-state index contributed by atoms with van der Waals surface area (Å²) in [7, 11) is 0. The van der Waals surface area contributed by atoms with Gasteiger partial charge in [-0.1, -0.05) is 0 Å². The summed E-state index contributed by atoms with van der Waals surface area (Å²) in [5.74, 6) is -0.835. The highest BCUT2D eigenvalue weighted by Crippen LogP contribution is 2.20. The number of carbonyl (C=O) groups excluding carboxylic acids is 3. The smallest absolute Gasteiger partial charge is 0.347 e. The molecule has 0 amide bonds. The van der Waals surface area contributed by atoms with Crippen LogP contribution in [0.15, 0.2) is 0 Å². The van der Waals surface area contributed by atoms with Crippen LogP contribution in [0.2, 0.25) is 0 Å². The van der Waals surface area contributed by atoms with Gasteiger partial charge in [0.1, 0.15) is 17.9 Å². The molecule has 0 radical (unpaired) electrons. The van der Waals surface area contributed by atoms with Crippen molar-refractivity contribution in [2.45, 2.75) is 64.7 Å². The molecule has 1 heterocycles. The summed E-state index contributed by atoms with van der Waals surface area (Å²) in [6.07, 6.45) is 1.81. The molecular weight excluding hydrogens is 274 g/mol. The molecule has 21 heavy (non-hydrogen) atoms. The Kier molecular flexibility index (Phi) is 6.33. The SMILES string of the molecule is CC(OC(=O)C1CC(CC=O)CCN1)C(=O)OC(C)(C)C. The number of rotatable bonds is 5. The minimum atomic E-state index is -0.940. The maximum Gasteiger partial charge on any atom is 0.347 e. The van der Waals surface area contributed by atoms with Gasteiger partial charge in [0.25, 0.3) is 0 Å². The van der Waals surface area contributed by atoms with Crippen LogP contribution < -0.4 is 5.32 Å². The molecule has 0 aliphatic carbocycles. The zero-order chi connectivity index (χ0) is 16.0. The summed E-state index contributed by atoms with van der Waals surface area (Å²) < 4.78 is 10.3. The molecule has 3 atom stereocenters. The highest BCUT2D eigenvalue weighted by Gasteiger charge is 2.31. The van der Waals surface area contributed by atoms with Crippen LogP contribution in [0.4, 0.5) is 0 Å². The number of carbonyl (C=O) groups is 3. The molecule has 0 spiro atoms. The number of esters is 2. The predicted molar refractivity (Wildman–Crippen MR) is 76.6 cm³/mol. The average Bonchev–Trinajstić information content (AvgIpc) is 2.37. The Morgan fingerprint density at radius 1 is 1.38 bits per heavy atom. The maximum absolute atomic E-state index is 12.0. The van der Waals surface area contributed by atoms with E-state index < -0.39 is 29.7 Å². The van der Waals surface area contributed by atoms with E-state index in [0.29, 0.717) is 19.4 Å². The summed E-state index contributed by atoms with van der Waals surface area (Å²) >= 11 is 0. The quantitative estimate of drug-likeness (QED) is 0.607. The fraction of sp³-hybridized carbons (Fsp3) is 0.800. The van der Waals surface area contributed by atoms with E-state index in [0.717, 1.165) is 12.7 Å². The number of nitrogens with one attached hydrogen (secondary N) is 1. The van der Waals surface area contributed by atoms with Gasteiger partial charge < -0.3 is 19.6 Å². The largest absolute Gasteiger partial charge is 0.457 e. The van der Waals surface area contributed by atoms with E-state index in [1.54, 1.807) is 20.8 Å². The van der Waals surface area contributed by atoms with Crippen molar-refractivity contribution in [1.82, 2.24) is 5.32 Å². The second-order valence-electron chi connectivity index (χ2n) is 6.41. The van der Waals surface area contributed by atoms with Crippen LogP contribution in [0.25, 0.3) is 0 Å². The Morgan fingerprint density at radius 2 is 2.05 bits per heavy atom. The van der Waals surface area contributed by atoms with Crippen molar-refractivity contribution in [3.8, 4) is 0 Å². The number of aldehydes is 1. The molecule has 0 aromatic rings. The first-order chi connectivity index (χ1) is 9.73. The zero-order valence-electron chi connectivity index (χ0n) is 13.2. The summed E-state index contributed by atoms with van der Waals surface area (Å²) in [6, 6.07) is -0.464. The van der Waals surface area contributed by atoms with Gasteiger partial charge in [-0.15, -0.1) is 0 Å². The Morgan fingerprint density at radius 3 is 2.62 bits per heavy atom. The molecule has 0 saturated carbocycles. The third kappa shape index (κ3) is 6.25. The lowest BCUT2D eigenvalue weighted by atomic mass is 9.90. The average molecular weight is 299 g/mol. The van der Waals surface area contributed by atoms with Gasteiger partial charge in [-0.05, 0) is 53.0 Å². The van der Waals surface area contributed by atoms with E-state index >= 15 is 0 Å². The van der Waals surface area contributed by atoms with E-state index in [4.69, 9.17) is 9.47 Å². The maximum atomic E-state index is 12.0. The molecule has 0 aromatic heterocycles. The van der Waals surface area contributed by atoms with Crippen LogP contribution in [-0.2, 0) is 23.9 Å². The fourth-order valence-corrected chi connectivity index (χ4v) is 2.22. The molecule has 1 rings (SSSR count). The second-order valence-corrected chi connectivity index (χ2v) is 6.41. The Hall–Kier alpha value is -1.43.